The molecule has 11 heavy (non-hydrogen) atoms. The van der Waals surface area contributed by atoms with Crippen molar-refractivity contribution in [2.45, 2.75) is 13.3 Å². The van der Waals surface area contributed by atoms with Crippen molar-refractivity contribution in [1.82, 2.24) is 0 Å². The number of carboxylic acids is 1. The first-order valence-corrected chi connectivity index (χ1v) is 3.12. The molecule has 60 valence electrons. The van der Waals surface area contributed by atoms with Crippen LogP contribution in [0.4, 0.5) is 0 Å². The Morgan fingerprint density at radius 2 is 2.09 bits per heavy atom. The van der Waals surface area contributed by atoms with Gasteiger partial charge in [0.15, 0.2) is 5.78 Å². The molecular formula is C8H10O3. The van der Waals surface area contributed by atoms with Gasteiger partial charge in [0.05, 0.1) is 0 Å². The largest absolute Gasteiger partial charge is 0.481 e. The molecule has 0 rings (SSSR count). The summed E-state index contributed by atoms with van der Waals surface area (Å²) < 4.78 is 0. The Morgan fingerprint density at radius 1 is 1.55 bits per heavy atom. The van der Waals surface area contributed by atoms with Gasteiger partial charge in [0.25, 0.3) is 0 Å². The third-order valence-corrected chi connectivity index (χ3v) is 1.12. The van der Waals surface area contributed by atoms with Gasteiger partial charge in [-0.15, -0.1) is 0 Å². The maximum absolute atomic E-state index is 10.8. The number of allylic oxidation sites excluding steroid dienone is 3. The molecule has 0 atom stereocenters. The summed E-state index contributed by atoms with van der Waals surface area (Å²) in [6.07, 6.45) is 2.50. The number of carbonyl (C=O) groups excluding carboxylic acids is 1. The lowest BCUT2D eigenvalue weighted by Gasteiger charge is -1.93. The second-order valence-corrected chi connectivity index (χ2v) is 2.08. The molecule has 0 aliphatic heterocycles. The third-order valence-electron chi connectivity index (χ3n) is 1.12. The van der Waals surface area contributed by atoms with E-state index >= 15 is 0 Å². The fourth-order valence-corrected chi connectivity index (χ4v) is 0.546. The van der Waals surface area contributed by atoms with E-state index in [-0.39, 0.29) is 5.78 Å². The van der Waals surface area contributed by atoms with Crippen molar-refractivity contribution in [3.8, 4) is 0 Å². The van der Waals surface area contributed by atoms with Gasteiger partial charge in [0, 0.05) is 0 Å². The van der Waals surface area contributed by atoms with Crippen LogP contribution >= 0.6 is 0 Å². The lowest BCUT2D eigenvalue weighted by Crippen LogP contribution is -2.07. The Balaban J connectivity index is 4.14. The number of aliphatic carboxylic acids is 1. The van der Waals surface area contributed by atoms with Gasteiger partial charge in [-0.1, -0.05) is 18.7 Å². The van der Waals surface area contributed by atoms with E-state index in [4.69, 9.17) is 5.11 Å². The molecule has 0 spiro atoms. The van der Waals surface area contributed by atoms with Gasteiger partial charge in [-0.05, 0) is 12.5 Å². The van der Waals surface area contributed by atoms with Gasteiger partial charge >= 0.3 is 5.97 Å². The molecule has 0 aromatic carbocycles. The summed E-state index contributed by atoms with van der Waals surface area (Å²) in [6, 6.07) is 0. The number of Topliss-reactive ketones (excluding diaryl/α,β-unsaturated/α-hetero) is 1. The molecule has 0 aromatic rings. The molecule has 0 unspecified atom stereocenters. The van der Waals surface area contributed by atoms with Crippen LogP contribution in [0.15, 0.2) is 24.3 Å². The van der Waals surface area contributed by atoms with Crippen molar-refractivity contribution in [3.05, 3.63) is 24.3 Å². The van der Waals surface area contributed by atoms with Crippen molar-refractivity contribution < 1.29 is 14.7 Å². The highest BCUT2D eigenvalue weighted by Gasteiger charge is 2.07. The highest BCUT2D eigenvalue weighted by atomic mass is 16.4. The van der Waals surface area contributed by atoms with Crippen LogP contribution in [0.3, 0.4) is 0 Å². The average molecular weight is 154 g/mol. The van der Waals surface area contributed by atoms with Crippen LogP contribution in [0.2, 0.25) is 0 Å². The zero-order chi connectivity index (χ0) is 8.85. The SMILES string of the molecule is C=C/C=C(\C)C(=O)CC(=O)O. The fourth-order valence-electron chi connectivity index (χ4n) is 0.546. The Labute approximate surface area is 65.0 Å². The van der Waals surface area contributed by atoms with E-state index in [1.807, 2.05) is 0 Å². The fraction of sp³-hybridized carbons (Fsp3) is 0.250. The van der Waals surface area contributed by atoms with E-state index in [0.717, 1.165) is 0 Å². The van der Waals surface area contributed by atoms with E-state index in [1.54, 1.807) is 6.92 Å². The van der Waals surface area contributed by atoms with Gasteiger partial charge in [0.1, 0.15) is 6.42 Å². The van der Waals surface area contributed by atoms with Crippen molar-refractivity contribution in [2.24, 2.45) is 0 Å². The number of hydrogen-bond acceptors (Lipinski definition) is 2. The molecular weight excluding hydrogens is 144 g/mol. The number of ketones is 1. The van der Waals surface area contributed by atoms with Crippen molar-refractivity contribution >= 4 is 11.8 Å². The van der Waals surface area contributed by atoms with Crippen LogP contribution < -0.4 is 0 Å². The summed E-state index contributed by atoms with van der Waals surface area (Å²) in [4.78, 5) is 20.9. The number of carboxylic acid groups (broad SMARTS) is 1. The Morgan fingerprint density at radius 3 is 2.45 bits per heavy atom. The Hall–Kier alpha value is -1.38. The molecule has 1 N–H and O–H groups in total. The number of carbonyl (C=O) groups is 2. The molecule has 0 aromatic heterocycles. The molecule has 0 amide bonds. The maximum Gasteiger partial charge on any atom is 0.311 e. The van der Waals surface area contributed by atoms with E-state index in [2.05, 4.69) is 6.58 Å². The second kappa shape index (κ2) is 4.44. The van der Waals surface area contributed by atoms with E-state index in [9.17, 15) is 9.59 Å². The first-order chi connectivity index (χ1) is 5.07. The van der Waals surface area contributed by atoms with Crippen molar-refractivity contribution in [3.63, 3.8) is 0 Å². The van der Waals surface area contributed by atoms with Gasteiger partial charge in [-0.2, -0.15) is 0 Å². The molecule has 0 heterocycles. The van der Waals surface area contributed by atoms with E-state index in [1.165, 1.54) is 12.2 Å². The molecule has 0 saturated heterocycles. The first-order valence-electron chi connectivity index (χ1n) is 3.12. The number of rotatable bonds is 4. The lowest BCUT2D eigenvalue weighted by atomic mass is 10.1. The minimum atomic E-state index is -1.10. The zero-order valence-corrected chi connectivity index (χ0v) is 6.33. The predicted octanol–water partition coefficient (Wildman–Crippen LogP) is 1.16. The Bertz CT molecular complexity index is 213. The molecule has 0 aliphatic rings. The highest BCUT2D eigenvalue weighted by molar-refractivity contribution is 6.04. The first kappa shape index (κ1) is 9.62. The average Bonchev–Trinajstić information content (AvgIpc) is 1.86. The summed E-state index contributed by atoms with van der Waals surface area (Å²) in [5.41, 5.74) is 0.419. The summed E-state index contributed by atoms with van der Waals surface area (Å²) in [7, 11) is 0. The van der Waals surface area contributed by atoms with Gasteiger partial charge in [-0.25, -0.2) is 0 Å². The van der Waals surface area contributed by atoms with E-state index < -0.39 is 12.4 Å². The molecule has 0 aliphatic carbocycles. The van der Waals surface area contributed by atoms with Crippen LogP contribution in [-0.2, 0) is 9.59 Å². The minimum absolute atomic E-state index is 0.377. The van der Waals surface area contributed by atoms with Crippen molar-refractivity contribution in [2.75, 3.05) is 0 Å². The monoisotopic (exact) mass is 154 g/mol. The predicted molar refractivity (Wildman–Crippen MR) is 41.2 cm³/mol. The van der Waals surface area contributed by atoms with Crippen LogP contribution in [0.25, 0.3) is 0 Å². The van der Waals surface area contributed by atoms with Crippen molar-refractivity contribution in [1.29, 1.82) is 0 Å². The molecule has 0 bridgehead atoms. The van der Waals surface area contributed by atoms with Crippen LogP contribution in [0.5, 0.6) is 0 Å². The van der Waals surface area contributed by atoms with E-state index in [0.29, 0.717) is 5.57 Å². The minimum Gasteiger partial charge on any atom is -0.481 e. The van der Waals surface area contributed by atoms with Gasteiger partial charge in [0.2, 0.25) is 0 Å². The van der Waals surface area contributed by atoms with Crippen LogP contribution in [0.1, 0.15) is 13.3 Å². The maximum atomic E-state index is 10.8. The Kier molecular flexibility index (Phi) is 3.88. The quantitative estimate of drug-likeness (QED) is 0.375. The standard InChI is InChI=1S/C8H10O3/c1-3-4-6(2)7(9)5-8(10)11/h3-4H,1,5H2,2H3,(H,10,11)/b6-4+. The summed E-state index contributed by atoms with van der Waals surface area (Å²) in [5, 5.41) is 8.23. The van der Waals surface area contributed by atoms with Gasteiger partial charge in [-0.3, -0.25) is 9.59 Å². The highest BCUT2D eigenvalue weighted by Crippen LogP contribution is 1.98. The summed E-state index contributed by atoms with van der Waals surface area (Å²) in [5.74, 6) is -1.48. The molecule has 0 radical (unpaired) electrons. The molecule has 3 heteroatoms. The normalized spacial score (nSPS) is 10.8. The lowest BCUT2D eigenvalue weighted by molar-refractivity contribution is -0.139. The summed E-state index contributed by atoms with van der Waals surface area (Å²) in [6.45, 7) is 4.95. The summed E-state index contributed by atoms with van der Waals surface area (Å²) >= 11 is 0. The zero-order valence-electron chi connectivity index (χ0n) is 6.33. The van der Waals surface area contributed by atoms with Crippen LogP contribution in [0, 0.1) is 0 Å². The second-order valence-electron chi connectivity index (χ2n) is 2.08. The topological polar surface area (TPSA) is 54.4 Å². The molecule has 0 saturated carbocycles. The van der Waals surface area contributed by atoms with Gasteiger partial charge < -0.3 is 5.11 Å². The van der Waals surface area contributed by atoms with Crippen LogP contribution in [-0.4, -0.2) is 16.9 Å². The smallest absolute Gasteiger partial charge is 0.311 e. The number of hydrogen-bond donors (Lipinski definition) is 1. The third kappa shape index (κ3) is 4.08. The molecule has 0 fully saturated rings. The molecule has 3 nitrogen and oxygen atoms in total.